The summed E-state index contributed by atoms with van der Waals surface area (Å²) in [5, 5.41) is 110. The number of aliphatic hydroxyl groups excluding tert-OH is 10. The number of phosphoric ester groups is 1. The molecule has 0 bridgehead atoms. The van der Waals surface area contributed by atoms with Crippen LogP contribution in [0.2, 0.25) is 0 Å². The molecule has 11 N–H and O–H groups in total. The van der Waals surface area contributed by atoms with Crippen molar-refractivity contribution in [2.24, 2.45) is 0 Å². The van der Waals surface area contributed by atoms with E-state index in [2.05, 4.69) is 20.8 Å². The number of aliphatic hydroxyl groups is 10. The maximum Gasteiger partial charge on any atom is 0.472 e. The Labute approximate surface area is 600 Å². The van der Waals surface area contributed by atoms with Crippen molar-refractivity contribution >= 4 is 25.7 Å². The third-order valence-electron chi connectivity index (χ3n) is 19.9. The fraction of sp³-hybridized carbons (Fsp3) is 0.960. The van der Waals surface area contributed by atoms with Gasteiger partial charge >= 0.3 is 25.7 Å². The van der Waals surface area contributed by atoms with Gasteiger partial charge in [-0.15, -0.1) is 0 Å². The van der Waals surface area contributed by atoms with Crippen LogP contribution in [0.5, 0.6) is 0 Å². The average Bonchev–Trinajstić information content (AvgIpc) is 0.761. The lowest BCUT2D eigenvalue weighted by atomic mass is 9.84. The van der Waals surface area contributed by atoms with Gasteiger partial charge in [0.2, 0.25) is 0 Å². The van der Waals surface area contributed by atoms with Gasteiger partial charge in [-0.1, -0.05) is 290 Å². The van der Waals surface area contributed by atoms with Gasteiger partial charge in [0.25, 0.3) is 0 Å². The van der Waals surface area contributed by atoms with E-state index < -0.39 is 156 Å². The van der Waals surface area contributed by atoms with Gasteiger partial charge in [0.05, 0.1) is 13.2 Å². The Hall–Kier alpha value is -2.04. The van der Waals surface area contributed by atoms with Crippen LogP contribution in [0.25, 0.3) is 0 Å². The Morgan fingerprint density at radius 1 is 0.350 bits per heavy atom. The molecule has 1 saturated carbocycles. The molecule has 100 heavy (non-hydrogen) atoms. The van der Waals surface area contributed by atoms with E-state index in [9.17, 15) is 74.9 Å². The third-order valence-corrected chi connectivity index (χ3v) is 20.9. The number of ether oxygens (including phenoxy) is 7. The lowest BCUT2D eigenvalue weighted by Gasteiger charge is -2.49. The molecule has 0 aromatic rings. The number of rotatable bonds is 63. The fourth-order valence-electron chi connectivity index (χ4n) is 13.4. The third kappa shape index (κ3) is 39.5. The van der Waals surface area contributed by atoms with Gasteiger partial charge in [0.15, 0.2) is 18.7 Å². The smallest absolute Gasteiger partial charge is 0.463 e. The predicted octanol–water partition coefficient (Wildman–Crippen LogP) is 11.7. The predicted molar refractivity (Wildman–Crippen MR) is 379 cm³/mol. The summed E-state index contributed by atoms with van der Waals surface area (Å²) in [6, 6.07) is 0. The molecule has 24 nitrogen and oxygen atoms in total. The molecule has 0 radical (unpaired) electrons. The maximum absolute atomic E-state index is 14.3. The van der Waals surface area contributed by atoms with Crippen LogP contribution in [0.15, 0.2) is 0 Å². The summed E-state index contributed by atoms with van der Waals surface area (Å²) in [5.74, 6) is -1.97. The summed E-state index contributed by atoms with van der Waals surface area (Å²) in [5.41, 5.74) is 0. The molecule has 590 valence electrons. The molecule has 2 aliphatic heterocycles. The first kappa shape index (κ1) is 92.2. The lowest BCUT2D eigenvalue weighted by molar-refractivity contribution is -0.360. The first-order valence-corrected chi connectivity index (χ1v) is 41.3. The van der Waals surface area contributed by atoms with Crippen molar-refractivity contribution in [1.29, 1.82) is 0 Å². The number of esters is 3. The van der Waals surface area contributed by atoms with E-state index in [-0.39, 0.29) is 19.3 Å². The maximum atomic E-state index is 14.3. The zero-order valence-corrected chi connectivity index (χ0v) is 62.7. The molecule has 2 saturated heterocycles. The minimum atomic E-state index is -5.69. The molecular weight excluding hydrogens is 1320 g/mol. The first-order chi connectivity index (χ1) is 48.3. The van der Waals surface area contributed by atoms with Crippen LogP contribution >= 0.6 is 7.82 Å². The fourth-order valence-corrected chi connectivity index (χ4v) is 14.4. The van der Waals surface area contributed by atoms with Gasteiger partial charge in [-0.2, -0.15) is 0 Å². The average molecular weight is 1460 g/mol. The summed E-state index contributed by atoms with van der Waals surface area (Å²) in [4.78, 5) is 51.1. The molecule has 2 heterocycles. The Kier molecular flexibility index (Phi) is 52.7. The van der Waals surface area contributed by atoms with Crippen molar-refractivity contribution in [3.8, 4) is 0 Å². The molecule has 3 rings (SSSR count). The van der Waals surface area contributed by atoms with Gasteiger partial charge in [0.1, 0.15) is 98.7 Å². The molecule has 0 aromatic heterocycles. The quantitative estimate of drug-likeness (QED) is 0.0117. The number of hydrogen-bond acceptors (Lipinski definition) is 23. The van der Waals surface area contributed by atoms with Crippen molar-refractivity contribution < 1.29 is 117 Å². The monoisotopic (exact) mass is 1460 g/mol. The second kappa shape index (κ2) is 57.2. The Balaban J connectivity index is 1.70. The molecule has 3 aliphatic rings. The normalized spacial score (nSPS) is 27.3. The second-order valence-corrected chi connectivity index (χ2v) is 30.2. The van der Waals surface area contributed by atoms with Crippen LogP contribution in [0, 0.1) is 0 Å². The topological polar surface area (TPSA) is 374 Å². The molecule has 0 aromatic carbocycles. The molecule has 0 spiro atoms. The molecular formula is C75H141O24P. The van der Waals surface area contributed by atoms with Crippen molar-refractivity contribution in [2.75, 3.05) is 26.4 Å². The molecule has 1 aliphatic carbocycles. The van der Waals surface area contributed by atoms with Gasteiger partial charge < -0.3 is 89.1 Å². The second-order valence-electron chi connectivity index (χ2n) is 28.8. The van der Waals surface area contributed by atoms with E-state index in [1.54, 1.807) is 0 Å². The highest BCUT2D eigenvalue weighted by molar-refractivity contribution is 7.47. The number of phosphoric acid groups is 1. The van der Waals surface area contributed by atoms with Gasteiger partial charge in [-0.3, -0.25) is 23.4 Å². The standard InChI is InChI=1S/C75H141O24P/c1-4-7-10-13-16-19-22-25-27-28-30-33-35-38-41-44-47-50-60(78)92-55-58-63(81)65(83)70(88)75(96-58)98-72-68(86)66(84)67(85)71(97-74-69(87)64(82)62(80)57(52-76)95-74)73(72)99-100(89,90)93-54-56(94-61(79)51-48-45-42-39-36-31-24-21-18-15-12-9-6-3)53-91-59(77)49-46-43-40-37-34-32-29-26-23-20-17-14-11-8-5-2/h56-58,62-76,80-88H,4-55H2,1-3H3,(H,89,90). The van der Waals surface area contributed by atoms with Crippen LogP contribution in [-0.2, 0) is 61.2 Å². The minimum absolute atomic E-state index is 0.0332. The van der Waals surface area contributed by atoms with Crippen LogP contribution in [0.4, 0.5) is 0 Å². The number of hydrogen-bond donors (Lipinski definition) is 11. The van der Waals surface area contributed by atoms with Crippen molar-refractivity contribution in [3.63, 3.8) is 0 Å². The van der Waals surface area contributed by atoms with E-state index in [4.69, 9.17) is 42.2 Å². The highest BCUT2D eigenvalue weighted by atomic mass is 31.2. The highest BCUT2D eigenvalue weighted by Crippen LogP contribution is 2.49. The largest absolute Gasteiger partial charge is 0.472 e. The summed E-state index contributed by atoms with van der Waals surface area (Å²) in [7, 11) is -5.69. The Morgan fingerprint density at radius 3 is 0.980 bits per heavy atom. The van der Waals surface area contributed by atoms with Gasteiger partial charge in [-0.25, -0.2) is 4.57 Å². The first-order valence-electron chi connectivity index (χ1n) is 39.8. The molecule has 18 unspecified atom stereocenters. The molecule has 25 heteroatoms. The van der Waals surface area contributed by atoms with Gasteiger partial charge in [0, 0.05) is 19.3 Å². The van der Waals surface area contributed by atoms with E-state index in [0.29, 0.717) is 19.3 Å². The molecule has 3 fully saturated rings. The minimum Gasteiger partial charge on any atom is -0.463 e. The Bertz CT molecular complexity index is 2060. The zero-order valence-electron chi connectivity index (χ0n) is 61.8. The van der Waals surface area contributed by atoms with Crippen LogP contribution in [-0.4, -0.2) is 204 Å². The van der Waals surface area contributed by atoms with Crippen molar-refractivity contribution in [2.45, 2.75) is 433 Å². The van der Waals surface area contributed by atoms with Gasteiger partial charge in [-0.05, 0) is 19.3 Å². The Morgan fingerprint density at radius 2 is 0.640 bits per heavy atom. The molecule has 18 atom stereocenters. The number of carbonyl (C=O) groups is 3. The summed E-state index contributed by atoms with van der Waals surface area (Å²) in [6.45, 7) is 3.50. The molecule has 0 amide bonds. The highest BCUT2D eigenvalue weighted by Gasteiger charge is 2.58. The SMILES string of the molecule is CCCCCCCCCCCCCCCCCCCC(=O)OCC1OC(OC2C(O)C(O)C(O)C(OC3OC(CO)C(O)C(O)C3O)C2OP(=O)(O)OCC(COC(=O)CCCCCCCCCCCCCCCCC)OC(=O)CCCCCCCCCCCCCCC)C(O)C(O)C1O. The van der Waals surface area contributed by atoms with Crippen LogP contribution in [0.1, 0.15) is 329 Å². The van der Waals surface area contributed by atoms with Crippen LogP contribution in [0.3, 0.4) is 0 Å². The number of unbranched alkanes of at least 4 members (excludes halogenated alkanes) is 42. The van der Waals surface area contributed by atoms with Crippen molar-refractivity contribution in [3.05, 3.63) is 0 Å². The van der Waals surface area contributed by atoms with E-state index in [0.717, 1.165) is 89.9 Å². The van der Waals surface area contributed by atoms with E-state index in [1.165, 1.54) is 180 Å². The van der Waals surface area contributed by atoms with Crippen LogP contribution < -0.4 is 0 Å². The zero-order chi connectivity index (χ0) is 73.2. The summed E-state index contributed by atoms with van der Waals surface area (Å²) >= 11 is 0. The summed E-state index contributed by atoms with van der Waals surface area (Å²) in [6.07, 6.45) is 15.8. The summed E-state index contributed by atoms with van der Waals surface area (Å²) < 4.78 is 65.1. The van der Waals surface area contributed by atoms with E-state index in [1.807, 2.05) is 0 Å². The number of carbonyl (C=O) groups excluding carboxylic acids is 3. The van der Waals surface area contributed by atoms with Crippen molar-refractivity contribution in [1.82, 2.24) is 0 Å². The lowest BCUT2D eigenvalue weighted by Crippen LogP contribution is -2.69. The van der Waals surface area contributed by atoms with E-state index >= 15 is 0 Å².